The van der Waals surface area contributed by atoms with Crippen molar-refractivity contribution in [3.63, 3.8) is 0 Å². The topological polar surface area (TPSA) is 52.3 Å². The molecule has 0 atom stereocenters. The van der Waals surface area contributed by atoms with Gasteiger partial charge in [-0.25, -0.2) is 0 Å². The highest BCUT2D eigenvalue weighted by Gasteiger charge is 2.11. The number of Topliss-reactive ketones (excluding diaryl/α,β-unsaturated/α-hetero) is 1. The van der Waals surface area contributed by atoms with E-state index in [4.69, 9.17) is 10.5 Å². The molecule has 1 aromatic carbocycles. The summed E-state index contributed by atoms with van der Waals surface area (Å²) >= 11 is 0. The first-order valence-electron chi connectivity index (χ1n) is 4.16. The van der Waals surface area contributed by atoms with E-state index in [0.29, 0.717) is 23.4 Å². The third-order valence-corrected chi connectivity index (χ3v) is 1.87. The SMILES string of the molecule is CCC(=O)c1cccc(N)c1OC.Cl. The van der Waals surface area contributed by atoms with E-state index < -0.39 is 0 Å². The first kappa shape index (κ1) is 12.8. The molecule has 0 aliphatic rings. The zero-order valence-corrected chi connectivity index (χ0v) is 9.06. The first-order valence-corrected chi connectivity index (χ1v) is 4.16. The molecule has 4 heteroatoms. The van der Waals surface area contributed by atoms with Crippen molar-refractivity contribution >= 4 is 23.9 Å². The van der Waals surface area contributed by atoms with Gasteiger partial charge in [0.15, 0.2) is 11.5 Å². The number of nitrogens with two attached hydrogens (primary N) is 1. The molecule has 0 amide bonds. The van der Waals surface area contributed by atoms with Crippen LogP contribution in [0, 0.1) is 0 Å². The van der Waals surface area contributed by atoms with E-state index in [1.54, 1.807) is 18.2 Å². The summed E-state index contributed by atoms with van der Waals surface area (Å²) in [6, 6.07) is 5.19. The molecule has 0 aromatic heterocycles. The lowest BCUT2D eigenvalue weighted by Gasteiger charge is -2.08. The number of halogens is 1. The third-order valence-electron chi connectivity index (χ3n) is 1.87. The molecule has 3 nitrogen and oxygen atoms in total. The first-order chi connectivity index (χ1) is 6.20. The molecule has 1 aromatic rings. The van der Waals surface area contributed by atoms with Crippen molar-refractivity contribution in [2.45, 2.75) is 13.3 Å². The van der Waals surface area contributed by atoms with E-state index in [-0.39, 0.29) is 18.2 Å². The van der Waals surface area contributed by atoms with E-state index in [1.807, 2.05) is 6.92 Å². The minimum atomic E-state index is 0. The average Bonchev–Trinajstić information content (AvgIpc) is 2.16. The highest BCUT2D eigenvalue weighted by atomic mass is 35.5. The number of anilines is 1. The maximum absolute atomic E-state index is 11.4. The van der Waals surface area contributed by atoms with Crippen LogP contribution in [0.2, 0.25) is 0 Å². The van der Waals surface area contributed by atoms with E-state index in [9.17, 15) is 4.79 Å². The second kappa shape index (κ2) is 5.50. The van der Waals surface area contributed by atoms with Crippen LogP contribution in [0.15, 0.2) is 18.2 Å². The van der Waals surface area contributed by atoms with Gasteiger partial charge in [-0.3, -0.25) is 4.79 Å². The summed E-state index contributed by atoms with van der Waals surface area (Å²) in [4.78, 5) is 11.4. The lowest BCUT2D eigenvalue weighted by atomic mass is 10.1. The third kappa shape index (κ3) is 2.39. The van der Waals surface area contributed by atoms with Crippen LogP contribution in [-0.2, 0) is 0 Å². The monoisotopic (exact) mass is 215 g/mol. The van der Waals surface area contributed by atoms with Crippen molar-refractivity contribution in [3.05, 3.63) is 23.8 Å². The van der Waals surface area contributed by atoms with E-state index in [2.05, 4.69) is 0 Å². The van der Waals surface area contributed by atoms with Crippen LogP contribution in [-0.4, -0.2) is 12.9 Å². The predicted molar refractivity (Wildman–Crippen MR) is 59.3 cm³/mol. The lowest BCUT2D eigenvalue weighted by molar-refractivity contribution is 0.0985. The summed E-state index contributed by atoms with van der Waals surface area (Å²) in [5, 5.41) is 0. The number of carbonyl (C=O) groups is 1. The van der Waals surface area contributed by atoms with Crippen LogP contribution < -0.4 is 10.5 Å². The molecule has 0 bridgehead atoms. The Kier molecular flexibility index (Phi) is 5.02. The number of ketones is 1. The largest absolute Gasteiger partial charge is 0.494 e. The zero-order chi connectivity index (χ0) is 9.84. The molecule has 0 fully saturated rings. The van der Waals surface area contributed by atoms with Gasteiger partial charge in [0.1, 0.15) is 0 Å². The smallest absolute Gasteiger partial charge is 0.166 e. The second-order valence-electron chi connectivity index (χ2n) is 2.70. The molecule has 0 aliphatic carbocycles. The van der Waals surface area contributed by atoms with Crippen molar-refractivity contribution in [1.82, 2.24) is 0 Å². The number of ether oxygens (including phenoxy) is 1. The Morgan fingerprint density at radius 1 is 1.50 bits per heavy atom. The average molecular weight is 216 g/mol. The van der Waals surface area contributed by atoms with E-state index >= 15 is 0 Å². The Hall–Kier alpha value is -1.22. The van der Waals surface area contributed by atoms with Gasteiger partial charge in [0, 0.05) is 6.42 Å². The molecule has 0 radical (unpaired) electrons. The fraction of sp³-hybridized carbons (Fsp3) is 0.300. The quantitative estimate of drug-likeness (QED) is 0.622. The number of carbonyl (C=O) groups excluding carboxylic acids is 1. The summed E-state index contributed by atoms with van der Waals surface area (Å²) in [7, 11) is 1.51. The Balaban J connectivity index is 0.00000169. The molecule has 78 valence electrons. The number of benzene rings is 1. The molecule has 2 N–H and O–H groups in total. The van der Waals surface area contributed by atoms with Gasteiger partial charge < -0.3 is 10.5 Å². The van der Waals surface area contributed by atoms with Crippen LogP contribution in [0.4, 0.5) is 5.69 Å². The summed E-state index contributed by atoms with van der Waals surface area (Å²) in [6.07, 6.45) is 0.458. The number of rotatable bonds is 3. The van der Waals surface area contributed by atoms with Crippen LogP contribution in [0.5, 0.6) is 5.75 Å². The number of methoxy groups -OCH3 is 1. The molecule has 14 heavy (non-hydrogen) atoms. The lowest BCUT2D eigenvalue weighted by Crippen LogP contribution is -2.02. The molecule has 0 aliphatic heterocycles. The fourth-order valence-corrected chi connectivity index (χ4v) is 1.19. The predicted octanol–water partition coefficient (Wildman–Crippen LogP) is 2.29. The molecular weight excluding hydrogens is 202 g/mol. The van der Waals surface area contributed by atoms with Gasteiger partial charge in [-0.05, 0) is 12.1 Å². The van der Waals surface area contributed by atoms with Crippen LogP contribution in [0.25, 0.3) is 0 Å². The number of para-hydroxylation sites is 1. The molecule has 0 unspecified atom stereocenters. The van der Waals surface area contributed by atoms with Gasteiger partial charge in [-0.15, -0.1) is 12.4 Å². The van der Waals surface area contributed by atoms with Crippen LogP contribution in [0.1, 0.15) is 23.7 Å². The van der Waals surface area contributed by atoms with Crippen LogP contribution >= 0.6 is 12.4 Å². The van der Waals surface area contributed by atoms with Gasteiger partial charge in [-0.2, -0.15) is 0 Å². The molecule has 0 saturated heterocycles. The Labute approximate surface area is 89.7 Å². The Morgan fingerprint density at radius 2 is 2.14 bits per heavy atom. The second-order valence-corrected chi connectivity index (χ2v) is 2.70. The number of hydrogen-bond donors (Lipinski definition) is 1. The highest BCUT2D eigenvalue weighted by molar-refractivity contribution is 6.00. The van der Waals surface area contributed by atoms with E-state index in [0.717, 1.165) is 0 Å². The van der Waals surface area contributed by atoms with Crippen LogP contribution in [0.3, 0.4) is 0 Å². The van der Waals surface area contributed by atoms with Gasteiger partial charge in [-0.1, -0.05) is 13.0 Å². The standard InChI is InChI=1S/C10H13NO2.ClH/c1-3-9(12)7-5-4-6-8(11)10(7)13-2;/h4-6H,3,11H2,1-2H3;1H. The Morgan fingerprint density at radius 3 is 2.64 bits per heavy atom. The molecule has 0 saturated carbocycles. The highest BCUT2D eigenvalue weighted by Crippen LogP contribution is 2.26. The zero-order valence-electron chi connectivity index (χ0n) is 8.24. The maximum atomic E-state index is 11.4. The molecule has 1 rings (SSSR count). The van der Waals surface area contributed by atoms with Gasteiger partial charge in [0.05, 0.1) is 18.4 Å². The maximum Gasteiger partial charge on any atom is 0.166 e. The van der Waals surface area contributed by atoms with Crippen molar-refractivity contribution in [3.8, 4) is 5.75 Å². The summed E-state index contributed by atoms with van der Waals surface area (Å²) in [5.74, 6) is 0.526. The number of hydrogen-bond acceptors (Lipinski definition) is 3. The minimum Gasteiger partial charge on any atom is -0.494 e. The normalized spacial score (nSPS) is 9.00. The van der Waals surface area contributed by atoms with Crippen molar-refractivity contribution in [2.75, 3.05) is 12.8 Å². The summed E-state index contributed by atoms with van der Waals surface area (Å²) in [6.45, 7) is 1.81. The van der Waals surface area contributed by atoms with Crippen molar-refractivity contribution < 1.29 is 9.53 Å². The molecule has 0 spiro atoms. The molecular formula is C10H14ClNO2. The minimum absolute atomic E-state index is 0. The summed E-state index contributed by atoms with van der Waals surface area (Å²) < 4.78 is 5.05. The fourth-order valence-electron chi connectivity index (χ4n) is 1.19. The van der Waals surface area contributed by atoms with Gasteiger partial charge in [0.25, 0.3) is 0 Å². The van der Waals surface area contributed by atoms with Crippen molar-refractivity contribution in [2.24, 2.45) is 0 Å². The van der Waals surface area contributed by atoms with E-state index in [1.165, 1.54) is 7.11 Å². The van der Waals surface area contributed by atoms with Crippen molar-refractivity contribution in [1.29, 1.82) is 0 Å². The summed E-state index contributed by atoms with van der Waals surface area (Å²) in [5.41, 5.74) is 6.71. The Bertz CT molecular complexity index is 326. The number of nitrogen functional groups attached to an aromatic ring is 1. The van der Waals surface area contributed by atoms with Gasteiger partial charge >= 0.3 is 0 Å². The van der Waals surface area contributed by atoms with Gasteiger partial charge in [0.2, 0.25) is 0 Å². The molecule has 0 heterocycles.